The largest absolute Gasteiger partial charge is 0.368 e. The van der Waals surface area contributed by atoms with E-state index in [4.69, 9.17) is 5.73 Å². The van der Waals surface area contributed by atoms with Gasteiger partial charge in [0.1, 0.15) is 0 Å². The molecule has 1 rings (SSSR count). The Bertz CT molecular complexity index is 363. The predicted octanol–water partition coefficient (Wildman–Crippen LogP) is 4.09. The summed E-state index contributed by atoms with van der Waals surface area (Å²) in [5.74, 6) is 0. The normalized spacial score (nSPS) is 14.5. The second kappa shape index (κ2) is 6.41. The second-order valence-corrected chi connectivity index (χ2v) is 5.40. The van der Waals surface area contributed by atoms with E-state index in [1.54, 1.807) is 0 Å². The summed E-state index contributed by atoms with van der Waals surface area (Å²) in [6.45, 7) is 9.70. The zero-order valence-corrected chi connectivity index (χ0v) is 12.8. The smallest absolute Gasteiger partial charge is 0.0513 e. The minimum atomic E-state index is 0.0824. The summed E-state index contributed by atoms with van der Waals surface area (Å²) in [6.07, 6.45) is 1.15. The highest BCUT2D eigenvalue weighted by atomic mass is 79.9. The first kappa shape index (κ1) is 14.5. The molecule has 1 aromatic rings. The molecule has 2 atom stereocenters. The van der Waals surface area contributed by atoms with Gasteiger partial charge in [-0.3, -0.25) is 0 Å². The maximum Gasteiger partial charge on any atom is 0.0513 e. The van der Waals surface area contributed by atoms with Crippen molar-refractivity contribution in [1.29, 1.82) is 0 Å². The summed E-state index contributed by atoms with van der Waals surface area (Å²) in [5.41, 5.74) is 8.32. The summed E-state index contributed by atoms with van der Waals surface area (Å²) in [6, 6.07) is 7.05. The highest BCUT2D eigenvalue weighted by Crippen LogP contribution is 2.30. The van der Waals surface area contributed by atoms with Crippen molar-refractivity contribution in [1.82, 2.24) is 0 Å². The SMILES string of the molecule is CCC(C)N(CC)c1ccc(C(C)N)cc1Br. The van der Waals surface area contributed by atoms with Crippen LogP contribution in [0.3, 0.4) is 0 Å². The third kappa shape index (κ3) is 3.46. The van der Waals surface area contributed by atoms with E-state index in [9.17, 15) is 0 Å². The van der Waals surface area contributed by atoms with Gasteiger partial charge in [0.15, 0.2) is 0 Å². The Morgan fingerprint density at radius 3 is 2.35 bits per heavy atom. The number of nitrogens with two attached hydrogens (primary N) is 1. The van der Waals surface area contributed by atoms with E-state index < -0.39 is 0 Å². The van der Waals surface area contributed by atoms with Gasteiger partial charge in [-0.2, -0.15) is 0 Å². The van der Waals surface area contributed by atoms with Gasteiger partial charge in [0.25, 0.3) is 0 Å². The van der Waals surface area contributed by atoms with Crippen LogP contribution in [-0.2, 0) is 0 Å². The van der Waals surface area contributed by atoms with E-state index in [1.165, 1.54) is 11.3 Å². The monoisotopic (exact) mass is 298 g/mol. The van der Waals surface area contributed by atoms with Gasteiger partial charge in [0, 0.05) is 23.1 Å². The fourth-order valence-corrected chi connectivity index (χ4v) is 2.60. The molecule has 0 aromatic heterocycles. The number of benzene rings is 1. The lowest BCUT2D eigenvalue weighted by atomic mass is 10.1. The van der Waals surface area contributed by atoms with E-state index in [1.807, 2.05) is 6.92 Å². The van der Waals surface area contributed by atoms with Crippen molar-refractivity contribution in [2.45, 2.75) is 46.2 Å². The molecule has 0 fully saturated rings. The molecule has 0 aliphatic rings. The number of nitrogens with zero attached hydrogens (tertiary/aromatic N) is 1. The zero-order valence-electron chi connectivity index (χ0n) is 11.2. The molecule has 0 amide bonds. The summed E-state index contributed by atoms with van der Waals surface area (Å²) in [5, 5.41) is 0. The summed E-state index contributed by atoms with van der Waals surface area (Å²) in [7, 11) is 0. The van der Waals surface area contributed by atoms with Crippen molar-refractivity contribution in [3.05, 3.63) is 28.2 Å². The van der Waals surface area contributed by atoms with Crippen LogP contribution in [0.4, 0.5) is 5.69 Å². The van der Waals surface area contributed by atoms with E-state index in [2.05, 4.69) is 59.8 Å². The van der Waals surface area contributed by atoms with Crippen LogP contribution in [0.1, 0.15) is 45.7 Å². The van der Waals surface area contributed by atoms with Crippen LogP contribution >= 0.6 is 15.9 Å². The van der Waals surface area contributed by atoms with E-state index in [-0.39, 0.29) is 6.04 Å². The number of rotatable bonds is 5. The Labute approximate surface area is 113 Å². The highest BCUT2D eigenvalue weighted by Gasteiger charge is 2.14. The van der Waals surface area contributed by atoms with Gasteiger partial charge >= 0.3 is 0 Å². The molecule has 0 radical (unpaired) electrons. The lowest BCUT2D eigenvalue weighted by Gasteiger charge is -2.30. The Morgan fingerprint density at radius 2 is 1.94 bits per heavy atom. The fraction of sp³-hybridized carbons (Fsp3) is 0.571. The van der Waals surface area contributed by atoms with Crippen LogP contribution in [0.15, 0.2) is 22.7 Å². The highest BCUT2D eigenvalue weighted by molar-refractivity contribution is 9.10. The lowest BCUT2D eigenvalue weighted by Crippen LogP contribution is -2.32. The Balaban J connectivity index is 3.05. The van der Waals surface area contributed by atoms with Crippen molar-refractivity contribution < 1.29 is 0 Å². The lowest BCUT2D eigenvalue weighted by molar-refractivity contribution is 0.629. The molecule has 96 valence electrons. The molecule has 0 saturated carbocycles. The molecular formula is C14H23BrN2. The van der Waals surface area contributed by atoms with Gasteiger partial charge in [0.2, 0.25) is 0 Å². The quantitative estimate of drug-likeness (QED) is 0.887. The molecule has 0 aliphatic carbocycles. The standard InChI is InChI=1S/C14H23BrN2/c1-5-10(3)17(6-2)14-8-7-12(11(4)16)9-13(14)15/h7-11H,5-6,16H2,1-4H3. The molecule has 1 aromatic carbocycles. The topological polar surface area (TPSA) is 29.3 Å². The van der Waals surface area contributed by atoms with Crippen molar-refractivity contribution >= 4 is 21.6 Å². The maximum absolute atomic E-state index is 5.89. The average Bonchev–Trinajstić information content (AvgIpc) is 2.31. The van der Waals surface area contributed by atoms with Gasteiger partial charge in [-0.05, 0) is 60.8 Å². The third-order valence-electron chi connectivity index (χ3n) is 3.27. The summed E-state index contributed by atoms with van der Waals surface area (Å²) >= 11 is 3.66. The number of hydrogen-bond acceptors (Lipinski definition) is 2. The van der Waals surface area contributed by atoms with Crippen molar-refractivity contribution in [3.8, 4) is 0 Å². The van der Waals surface area contributed by atoms with Gasteiger partial charge < -0.3 is 10.6 Å². The molecule has 2 unspecified atom stereocenters. The molecule has 0 bridgehead atoms. The number of anilines is 1. The molecule has 0 spiro atoms. The summed E-state index contributed by atoms with van der Waals surface area (Å²) in [4.78, 5) is 2.41. The minimum Gasteiger partial charge on any atom is -0.368 e. The molecule has 0 saturated heterocycles. The van der Waals surface area contributed by atoms with Crippen LogP contribution in [0.5, 0.6) is 0 Å². The average molecular weight is 299 g/mol. The Morgan fingerprint density at radius 1 is 1.29 bits per heavy atom. The molecule has 2 N–H and O–H groups in total. The van der Waals surface area contributed by atoms with Crippen LogP contribution in [0.2, 0.25) is 0 Å². The van der Waals surface area contributed by atoms with Gasteiger partial charge in [-0.1, -0.05) is 13.0 Å². The van der Waals surface area contributed by atoms with Crippen molar-refractivity contribution in [2.24, 2.45) is 5.73 Å². The first-order chi connectivity index (χ1) is 8.01. The van der Waals surface area contributed by atoms with E-state index >= 15 is 0 Å². The third-order valence-corrected chi connectivity index (χ3v) is 3.91. The van der Waals surface area contributed by atoms with Gasteiger partial charge in [0.05, 0.1) is 5.69 Å². The van der Waals surface area contributed by atoms with Crippen molar-refractivity contribution in [2.75, 3.05) is 11.4 Å². The maximum atomic E-state index is 5.89. The minimum absolute atomic E-state index is 0.0824. The van der Waals surface area contributed by atoms with Crippen LogP contribution < -0.4 is 10.6 Å². The first-order valence-corrected chi connectivity index (χ1v) is 7.12. The van der Waals surface area contributed by atoms with Gasteiger partial charge in [-0.25, -0.2) is 0 Å². The molecule has 2 nitrogen and oxygen atoms in total. The zero-order chi connectivity index (χ0) is 13.0. The second-order valence-electron chi connectivity index (χ2n) is 4.54. The van der Waals surface area contributed by atoms with Crippen LogP contribution in [0, 0.1) is 0 Å². The van der Waals surface area contributed by atoms with Crippen LogP contribution in [-0.4, -0.2) is 12.6 Å². The fourth-order valence-electron chi connectivity index (χ4n) is 1.98. The van der Waals surface area contributed by atoms with Crippen LogP contribution in [0.25, 0.3) is 0 Å². The van der Waals surface area contributed by atoms with E-state index in [0.29, 0.717) is 6.04 Å². The molecule has 0 heterocycles. The summed E-state index contributed by atoms with van der Waals surface area (Å²) < 4.78 is 1.13. The number of halogens is 1. The first-order valence-electron chi connectivity index (χ1n) is 6.32. The van der Waals surface area contributed by atoms with Gasteiger partial charge in [-0.15, -0.1) is 0 Å². The molecule has 17 heavy (non-hydrogen) atoms. The van der Waals surface area contributed by atoms with Crippen molar-refractivity contribution in [3.63, 3.8) is 0 Å². The van der Waals surface area contributed by atoms with E-state index in [0.717, 1.165) is 17.4 Å². The number of hydrogen-bond donors (Lipinski definition) is 1. The predicted molar refractivity (Wildman–Crippen MR) is 79.5 cm³/mol. The molecule has 0 aliphatic heterocycles. The molecular weight excluding hydrogens is 276 g/mol. The molecule has 3 heteroatoms. The Hall–Kier alpha value is -0.540. The Kier molecular flexibility index (Phi) is 5.47.